The van der Waals surface area contributed by atoms with Gasteiger partial charge in [-0.05, 0) is 0 Å². The third-order valence-electron chi connectivity index (χ3n) is 1.73. The highest BCUT2D eigenvalue weighted by Gasteiger charge is 2.11. The number of nitrogen functional groups attached to an aromatic ring is 1. The molecule has 0 radical (unpaired) electrons. The number of aliphatic carboxylic acids is 1. The zero-order valence-corrected chi connectivity index (χ0v) is 8.69. The molecule has 2 aromatic rings. The van der Waals surface area contributed by atoms with E-state index in [4.69, 9.17) is 10.8 Å². The second-order valence-electron chi connectivity index (χ2n) is 2.88. The summed E-state index contributed by atoms with van der Waals surface area (Å²) in [6.45, 7) is 0. The van der Waals surface area contributed by atoms with Crippen LogP contribution in [0.3, 0.4) is 0 Å². The van der Waals surface area contributed by atoms with Crippen LogP contribution in [0.1, 0.15) is 0 Å². The number of anilines is 1. The predicted molar refractivity (Wildman–Crippen MR) is 56.4 cm³/mol. The lowest BCUT2D eigenvalue weighted by molar-refractivity contribution is -0.133. The van der Waals surface area contributed by atoms with Crippen molar-refractivity contribution in [1.82, 2.24) is 19.6 Å². The van der Waals surface area contributed by atoms with E-state index in [0.717, 1.165) is 11.8 Å². The van der Waals surface area contributed by atoms with Crippen LogP contribution in [0.5, 0.6) is 0 Å². The van der Waals surface area contributed by atoms with E-state index in [1.54, 1.807) is 0 Å². The topological polar surface area (TPSA) is 126 Å². The summed E-state index contributed by atoms with van der Waals surface area (Å²) in [5, 5.41) is 16.3. The Kier molecular flexibility index (Phi) is 2.52. The Morgan fingerprint density at radius 2 is 2.38 bits per heavy atom. The Morgan fingerprint density at radius 1 is 1.62 bits per heavy atom. The summed E-state index contributed by atoms with van der Waals surface area (Å²) >= 11 is 0.972. The van der Waals surface area contributed by atoms with Crippen molar-refractivity contribution in [2.24, 2.45) is 0 Å². The van der Waals surface area contributed by atoms with Crippen molar-refractivity contribution in [3.63, 3.8) is 0 Å². The molecule has 84 valence electrons. The van der Waals surface area contributed by atoms with Crippen molar-refractivity contribution in [3.8, 4) is 0 Å². The maximum absolute atomic E-state index is 11.1. The lowest BCUT2D eigenvalue weighted by Gasteiger charge is -2.00. The Bertz CT molecular complexity index is 604. The van der Waals surface area contributed by atoms with Crippen LogP contribution in [-0.2, 0) is 4.79 Å². The first-order chi connectivity index (χ1) is 7.58. The fraction of sp³-hybridized carbons (Fsp3) is 0.143. The summed E-state index contributed by atoms with van der Waals surface area (Å²) in [5.74, 6) is -0.765. The van der Waals surface area contributed by atoms with Crippen LogP contribution in [0.25, 0.3) is 5.78 Å². The van der Waals surface area contributed by atoms with Gasteiger partial charge in [0.2, 0.25) is 5.78 Å². The molecule has 2 rings (SSSR count). The molecule has 9 heteroatoms. The molecule has 0 aromatic carbocycles. The van der Waals surface area contributed by atoms with Gasteiger partial charge in [-0.3, -0.25) is 14.6 Å². The van der Waals surface area contributed by atoms with E-state index in [1.807, 2.05) is 0 Å². The number of aromatic nitrogens is 4. The molecular weight excluding hydrogens is 234 g/mol. The summed E-state index contributed by atoms with van der Waals surface area (Å²) < 4.78 is 1.38. The molecule has 0 bridgehead atoms. The first-order valence-electron chi connectivity index (χ1n) is 4.16. The quantitative estimate of drug-likeness (QED) is 0.599. The van der Waals surface area contributed by atoms with Gasteiger partial charge in [0.1, 0.15) is 5.82 Å². The first kappa shape index (κ1) is 10.5. The first-order valence-corrected chi connectivity index (χ1v) is 5.15. The predicted octanol–water partition coefficient (Wildman–Crippen LogP) is -0.824. The molecule has 0 saturated carbocycles. The molecule has 0 aliphatic heterocycles. The molecule has 0 unspecified atom stereocenters. The van der Waals surface area contributed by atoms with Gasteiger partial charge in [-0.15, -0.1) is 10.2 Å². The zero-order chi connectivity index (χ0) is 11.7. The number of H-pyrrole nitrogens is 1. The Morgan fingerprint density at radius 3 is 3.06 bits per heavy atom. The summed E-state index contributed by atoms with van der Waals surface area (Å²) in [7, 11) is 0. The maximum atomic E-state index is 11.1. The number of aromatic amines is 1. The molecule has 0 spiro atoms. The van der Waals surface area contributed by atoms with E-state index in [0.29, 0.717) is 5.16 Å². The lowest BCUT2D eigenvalue weighted by Crippen LogP contribution is -2.11. The number of fused-ring (bicyclic) bond motifs is 1. The number of carboxylic acids is 1. The Hall–Kier alpha value is -2.03. The van der Waals surface area contributed by atoms with E-state index in [-0.39, 0.29) is 22.9 Å². The van der Waals surface area contributed by atoms with Crippen LogP contribution in [0.15, 0.2) is 16.0 Å². The molecule has 0 fully saturated rings. The third kappa shape index (κ3) is 1.84. The molecule has 8 nitrogen and oxygen atoms in total. The van der Waals surface area contributed by atoms with Crippen LogP contribution in [-0.4, -0.2) is 36.4 Å². The number of rotatable bonds is 3. The molecule has 16 heavy (non-hydrogen) atoms. The van der Waals surface area contributed by atoms with Gasteiger partial charge >= 0.3 is 5.97 Å². The molecule has 2 aromatic heterocycles. The van der Waals surface area contributed by atoms with E-state index in [2.05, 4.69) is 15.2 Å². The van der Waals surface area contributed by atoms with E-state index >= 15 is 0 Å². The fourth-order valence-electron chi connectivity index (χ4n) is 1.15. The SMILES string of the molecule is Nc1cc(=O)[nH]c2nnc(SCC(=O)O)n12. The second-order valence-corrected chi connectivity index (χ2v) is 3.82. The van der Waals surface area contributed by atoms with Gasteiger partial charge < -0.3 is 10.8 Å². The molecule has 4 N–H and O–H groups in total. The zero-order valence-electron chi connectivity index (χ0n) is 7.88. The third-order valence-corrected chi connectivity index (χ3v) is 2.64. The van der Waals surface area contributed by atoms with Gasteiger partial charge in [0.05, 0.1) is 5.75 Å². The molecule has 2 heterocycles. The number of carboxylic acid groups (broad SMARTS) is 1. The lowest BCUT2D eigenvalue weighted by atomic mass is 10.6. The minimum atomic E-state index is -0.968. The average molecular weight is 241 g/mol. The minimum absolute atomic E-state index is 0.153. The molecule has 0 atom stereocenters. The largest absolute Gasteiger partial charge is 0.481 e. The van der Waals surface area contributed by atoms with Gasteiger partial charge in [0.15, 0.2) is 5.16 Å². The normalized spacial score (nSPS) is 10.8. The van der Waals surface area contributed by atoms with Crippen molar-refractivity contribution in [2.45, 2.75) is 5.16 Å². The van der Waals surface area contributed by atoms with Crippen molar-refractivity contribution in [1.29, 1.82) is 0 Å². The highest BCUT2D eigenvalue weighted by atomic mass is 32.2. The molecule has 0 amide bonds. The number of hydrogen-bond donors (Lipinski definition) is 3. The molecule has 0 saturated heterocycles. The van der Waals surface area contributed by atoms with Crippen molar-refractivity contribution < 1.29 is 9.90 Å². The average Bonchev–Trinajstić information content (AvgIpc) is 2.57. The number of nitrogens with two attached hydrogens (primary N) is 1. The molecular formula is C7H7N5O3S. The van der Waals surface area contributed by atoms with Crippen LogP contribution < -0.4 is 11.3 Å². The monoisotopic (exact) mass is 241 g/mol. The number of carbonyl (C=O) groups is 1. The van der Waals surface area contributed by atoms with E-state index in [9.17, 15) is 9.59 Å². The highest BCUT2D eigenvalue weighted by Crippen LogP contribution is 2.17. The fourth-order valence-corrected chi connectivity index (χ4v) is 1.82. The number of thioether (sulfide) groups is 1. The van der Waals surface area contributed by atoms with Gasteiger partial charge in [0, 0.05) is 6.07 Å². The highest BCUT2D eigenvalue weighted by molar-refractivity contribution is 7.99. The molecule has 0 aliphatic carbocycles. The van der Waals surface area contributed by atoms with E-state index in [1.165, 1.54) is 10.5 Å². The standard InChI is InChI=1S/C7H7N5O3S/c8-3-1-4(13)9-6-10-11-7(12(3)6)16-2-5(14)15/h1H,2,8H2,(H,14,15)(H,9,10,13). The van der Waals surface area contributed by atoms with Crippen molar-refractivity contribution in [2.75, 3.05) is 11.5 Å². The Balaban J connectivity index is 2.47. The van der Waals surface area contributed by atoms with Crippen molar-refractivity contribution in [3.05, 3.63) is 16.4 Å². The van der Waals surface area contributed by atoms with Gasteiger partial charge in [-0.2, -0.15) is 0 Å². The summed E-state index contributed by atoms with van der Waals surface area (Å²) in [5.41, 5.74) is 5.23. The Labute approximate surface area is 92.5 Å². The number of nitrogens with zero attached hydrogens (tertiary/aromatic N) is 3. The molecule has 0 aliphatic rings. The van der Waals surface area contributed by atoms with Gasteiger partial charge in [-0.1, -0.05) is 11.8 Å². The van der Waals surface area contributed by atoms with Crippen LogP contribution in [0.2, 0.25) is 0 Å². The maximum Gasteiger partial charge on any atom is 0.313 e. The van der Waals surface area contributed by atoms with E-state index < -0.39 is 5.97 Å². The van der Waals surface area contributed by atoms with Crippen LogP contribution in [0.4, 0.5) is 5.82 Å². The van der Waals surface area contributed by atoms with Crippen molar-refractivity contribution >= 4 is 29.3 Å². The second kappa shape index (κ2) is 3.85. The van der Waals surface area contributed by atoms with Crippen LogP contribution >= 0.6 is 11.8 Å². The number of hydrogen-bond acceptors (Lipinski definition) is 6. The summed E-state index contributed by atoms with van der Waals surface area (Å²) in [6.07, 6.45) is 0. The number of nitrogens with one attached hydrogen (secondary N) is 1. The van der Waals surface area contributed by atoms with Crippen LogP contribution in [0, 0.1) is 0 Å². The summed E-state index contributed by atoms with van der Waals surface area (Å²) in [6, 6.07) is 1.18. The minimum Gasteiger partial charge on any atom is -0.481 e. The summed E-state index contributed by atoms with van der Waals surface area (Å²) in [4.78, 5) is 23.9. The smallest absolute Gasteiger partial charge is 0.313 e. The van der Waals surface area contributed by atoms with Gasteiger partial charge in [0.25, 0.3) is 5.56 Å². The van der Waals surface area contributed by atoms with Gasteiger partial charge in [-0.25, -0.2) is 4.40 Å².